The summed E-state index contributed by atoms with van der Waals surface area (Å²) in [5, 5.41) is 2.78. The predicted octanol–water partition coefficient (Wildman–Crippen LogP) is -0.878. The van der Waals surface area contributed by atoms with E-state index in [0.29, 0.717) is 6.54 Å². The zero-order valence-corrected chi connectivity index (χ0v) is 5.27. The van der Waals surface area contributed by atoms with Crippen molar-refractivity contribution in [2.45, 2.75) is 13.0 Å². The molecule has 0 aliphatic carbocycles. The van der Waals surface area contributed by atoms with Crippen molar-refractivity contribution < 1.29 is 4.79 Å². The number of nitrogens with two attached hydrogens (primary N) is 1. The van der Waals surface area contributed by atoms with E-state index in [9.17, 15) is 4.79 Å². The maximum Gasteiger partial charge on any atom is 0.147 e. The van der Waals surface area contributed by atoms with Crippen molar-refractivity contribution in [3.63, 3.8) is 0 Å². The standard InChI is InChI=1S/C5H12N2O/c1-4(8)5(3-6)7-2/h5,7H,3,6H2,1-2H3/t5-/m0/s1. The fraction of sp³-hybridized carbons (Fsp3) is 0.800. The highest BCUT2D eigenvalue weighted by atomic mass is 16.1. The van der Waals surface area contributed by atoms with E-state index < -0.39 is 0 Å². The Morgan fingerprint density at radius 3 is 2.38 bits per heavy atom. The van der Waals surface area contributed by atoms with Gasteiger partial charge in [0.25, 0.3) is 0 Å². The molecule has 0 heterocycles. The Morgan fingerprint density at radius 1 is 1.88 bits per heavy atom. The molecule has 1 atom stereocenters. The lowest BCUT2D eigenvalue weighted by molar-refractivity contribution is -0.118. The average Bonchev–Trinajstić information content (AvgIpc) is 1.69. The van der Waals surface area contributed by atoms with Gasteiger partial charge in [-0.25, -0.2) is 0 Å². The van der Waals surface area contributed by atoms with E-state index in [2.05, 4.69) is 5.32 Å². The summed E-state index contributed by atoms with van der Waals surface area (Å²) in [5.41, 5.74) is 5.20. The van der Waals surface area contributed by atoms with E-state index in [1.165, 1.54) is 6.92 Å². The van der Waals surface area contributed by atoms with Crippen LogP contribution in [-0.4, -0.2) is 25.4 Å². The molecule has 48 valence electrons. The second kappa shape index (κ2) is 3.57. The number of hydrogen-bond acceptors (Lipinski definition) is 3. The number of carbonyl (C=O) groups excluding carboxylic acids is 1. The first kappa shape index (κ1) is 7.59. The van der Waals surface area contributed by atoms with Crippen LogP contribution >= 0.6 is 0 Å². The highest BCUT2D eigenvalue weighted by Gasteiger charge is 2.06. The van der Waals surface area contributed by atoms with Crippen molar-refractivity contribution in [3.8, 4) is 0 Å². The summed E-state index contributed by atoms with van der Waals surface area (Å²) in [4.78, 5) is 10.5. The highest BCUT2D eigenvalue weighted by Crippen LogP contribution is 1.77. The van der Waals surface area contributed by atoms with Crippen LogP contribution in [0.1, 0.15) is 6.92 Å². The van der Waals surface area contributed by atoms with Gasteiger partial charge in [-0.3, -0.25) is 4.79 Å². The third-order valence-electron chi connectivity index (χ3n) is 1.07. The minimum absolute atomic E-state index is 0.0926. The first-order valence-electron chi connectivity index (χ1n) is 2.60. The summed E-state index contributed by atoms with van der Waals surface area (Å²) in [5.74, 6) is 0.0926. The van der Waals surface area contributed by atoms with Crippen LogP contribution in [0.5, 0.6) is 0 Å². The number of hydrogen-bond donors (Lipinski definition) is 2. The lowest BCUT2D eigenvalue weighted by Gasteiger charge is -2.07. The van der Waals surface area contributed by atoms with Crippen LogP contribution < -0.4 is 11.1 Å². The molecule has 0 aromatic carbocycles. The van der Waals surface area contributed by atoms with E-state index in [-0.39, 0.29) is 11.8 Å². The molecule has 0 aromatic rings. The van der Waals surface area contributed by atoms with Gasteiger partial charge in [-0.05, 0) is 14.0 Å². The summed E-state index contributed by atoms with van der Waals surface area (Å²) in [6, 6.07) is -0.157. The molecular weight excluding hydrogens is 104 g/mol. The molecule has 0 aliphatic rings. The number of ketones is 1. The van der Waals surface area contributed by atoms with Gasteiger partial charge in [-0.2, -0.15) is 0 Å². The van der Waals surface area contributed by atoms with Crippen LogP contribution in [0.3, 0.4) is 0 Å². The molecule has 0 bridgehead atoms. The quantitative estimate of drug-likeness (QED) is 0.503. The van der Waals surface area contributed by atoms with Crippen LogP contribution in [0.4, 0.5) is 0 Å². The van der Waals surface area contributed by atoms with E-state index in [0.717, 1.165) is 0 Å². The Kier molecular flexibility index (Phi) is 3.39. The summed E-state index contributed by atoms with van der Waals surface area (Å²) in [6.07, 6.45) is 0. The van der Waals surface area contributed by atoms with Gasteiger partial charge in [-0.1, -0.05) is 0 Å². The second-order valence-electron chi connectivity index (χ2n) is 1.69. The summed E-state index contributed by atoms with van der Waals surface area (Å²) in [7, 11) is 1.72. The van der Waals surface area contributed by atoms with E-state index in [1.807, 2.05) is 0 Å². The topological polar surface area (TPSA) is 55.1 Å². The van der Waals surface area contributed by atoms with Crippen molar-refractivity contribution in [2.75, 3.05) is 13.6 Å². The maximum absolute atomic E-state index is 10.5. The largest absolute Gasteiger partial charge is 0.328 e. The molecule has 0 rings (SSSR count). The van der Waals surface area contributed by atoms with Crippen LogP contribution in [0.15, 0.2) is 0 Å². The second-order valence-corrected chi connectivity index (χ2v) is 1.69. The average molecular weight is 116 g/mol. The zero-order chi connectivity index (χ0) is 6.57. The van der Waals surface area contributed by atoms with Crippen LogP contribution in [-0.2, 0) is 4.79 Å². The molecule has 0 aliphatic heterocycles. The van der Waals surface area contributed by atoms with Gasteiger partial charge >= 0.3 is 0 Å². The van der Waals surface area contributed by atoms with Gasteiger partial charge in [0.2, 0.25) is 0 Å². The normalized spacial score (nSPS) is 13.4. The number of rotatable bonds is 3. The van der Waals surface area contributed by atoms with Gasteiger partial charge in [0.15, 0.2) is 0 Å². The fourth-order valence-electron chi connectivity index (χ4n) is 0.487. The Bertz CT molecular complexity index is 78.5. The third kappa shape index (κ3) is 2.04. The molecule has 0 fully saturated rings. The Balaban J connectivity index is 3.52. The first-order valence-corrected chi connectivity index (χ1v) is 2.60. The number of carbonyl (C=O) groups is 1. The number of likely N-dealkylation sites (N-methyl/N-ethyl adjacent to an activating group) is 1. The van der Waals surface area contributed by atoms with Gasteiger partial charge in [0.1, 0.15) is 5.78 Å². The molecule has 0 amide bonds. The van der Waals surface area contributed by atoms with Crippen LogP contribution in [0, 0.1) is 0 Å². The van der Waals surface area contributed by atoms with Crippen molar-refractivity contribution in [3.05, 3.63) is 0 Å². The third-order valence-corrected chi connectivity index (χ3v) is 1.07. The van der Waals surface area contributed by atoms with E-state index in [4.69, 9.17) is 5.73 Å². The lowest BCUT2D eigenvalue weighted by Crippen LogP contribution is -2.39. The molecule has 0 spiro atoms. The summed E-state index contributed by atoms with van der Waals surface area (Å²) >= 11 is 0. The smallest absolute Gasteiger partial charge is 0.147 e. The van der Waals surface area contributed by atoms with Crippen LogP contribution in [0.2, 0.25) is 0 Å². The predicted molar refractivity (Wildman–Crippen MR) is 32.6 cm³/mol. The maximum atomic E-state index is 10.5. The molecule has 8 heavy (non-hydrogen) atoms. The molecule has 3 nitrogen and oxygen atoms in total. The fourth-order valence-corrected chi connectivity index (χ4v) is 0.487. The zero-order valence-electron chi connectivity index (χ0n) is 5.27. The molecule has 0 radical (unpaired) electrons. The first-order chi connectivity index (χ1) is 3.72. The molecule has 0 aromatic heterocycles. The minimum atomic E-state index is -0.157. The molecule has 0 unspecified atom stereocenters. The Labute approximate surface area is 49.3 Å². The van der Waals surface area contributed by atoms with E-state index in [1.54, 1.807) is 7.05 Å². The SMILES string of the molecule is CN[C@@H](CN)C(C)=O. The Morgan fingerprint density at radius 2 is 2.38 bits per heavy atom. The Hall–Kier alpha value is -0.410. The minimum Gasteiger partial charge on any atom is -0.328 e. The van der Waals surface area contributed by atoms with Crippen molar-refractivity contribution in [2.24, 2.45) is 5.73 Å². The van der Waals surface area contributed by atoms with Gasteiger partial charge in [0.05, 0.1) is 6.04 Å². The molecular formula is C5H12N2O. The van der Waals surface area contributed by atoms with Crippen molar-refractivity contribution in [1.82, 2.24) is 5.32 Å². The van der Waals surface area contributed by atoms with E-state index >= 15 is 0 Å². The molecule has 3 heteroatoms. The summed E-state index contributed by atoms with van der Waals surface area (Å²) < 4.78 is 0. The number of Topliss-reactive ketones (excluding diaryl/α,β-unsaturated/α-hetero) is 1. The van der Waals surface area contributed by atoms with Gasteiger partial charge in [0, 0.05) is 6.54 Å². The summed E-state index contributed by atoms with van der Waals surface area (Å²) in [6.45, 7) is 1.90. The monoisotopic (exact) mass is 116 g/mol. The molecule has 3 N–H and O–H groups in total. The molecule has 0 saturated carbocycles. The van der Waals surface area contributed by atoms with Crippen molar-refractivity contribution in [1.29, 1.82) is 0 Å². The highest BCUT2D eigenvalue weighted by molar-refractivity contribution is 5.81. The van der Waals surface area contributed by atoms with Gasteiger partial charge in [-0.15, -0.1) is 0 Å². The number of nitrogens with one attached hydrogen (secondary N) is 1. The molecule has 0 saturated heterocycles. The van der Waals surface area contributed by atoms with Crippen molar-refractivity contribution >= 4 is 5.78 Å². The van der Waals surface area contributed by atoms with Gasteiger partial charge < -0.3 is 11.1 Å². The lowest BCUT2D eigenvalue weighted by atomic mass is 10.2. The van der Waals surface area contributed by atoms with Crippen LogP contribution in [0.25, 0.3) is 0 Å².